The molecule has 0 spiro atoms. The van der Waals surface area contributed by atoms with Crippen LogP contribution in [0.25, 0.3) is 5.52 Å². The standard InChI is InChI=1S/C19H24IN5O5/c1-2-3-4-5-6-14(26)29-8-12-16(27)17(28)19(9-21,30-12)13-7-11(20)15-18(22)23-10-24-25(13)15/h7,10,12,16-17,27-28H,2-6,8H2,1H3,(H2,22,23,24)/t12-,16-,17-,19+/m1/s1. The predicted octanol–water partition coefficient (Wildman–Crippen LogP) is 1.27. The molecule has 2 aromatic heterocycles. The Morgan fingerprint density at radius 2 is 2.23 bits per heavy atom. The number of esters is 1. The lowest BCUT2D eigenvalue weighted by atomic mass is 9.92. The SMILES string of the molecule is CCCCCCC(=O)OC[C@H]1O[C@@](C#N)(c2cc(I)c3c(N)ncnn23)[C@H](O)[C@@H]1O. The number of fused-ring (bicyclic) bond motifs is 1. The number of carbonyl (C=O) groups is 1. The van der Waals surface area contributed by atoms with Crippen LogP contribution in [0.4, 0.5) is 5.82 Å². The number of anilines is 1. The number of ether oxygens (including phenoxy) is 2. The molecule has 1 fully saturated rings. The zero-order valence-electron chi connectivity index (χ0n) is 16.5. The summed E-state index contributed by atoms with van der Waals surface area (Å²) < 4.78 is 13.0. The van der Waals surface area contributed by atoms with E-state index >= 15 is 0 Å². The van der Waals surface area contributed by atoms with Gasteiger partial charge in [0.25, 0.3) is 0 Å². The van der Waals surface area contributed by atoms with Gasteiger partial charge < -0.3 is 25.4 Å². The van der Waals surface area contributed by atoms with E-state index in [1.165, 1.54) is 10.8 Å². The van der Waals surface area contributed by atoms with Crippen molar-refractivity contribution in [2.45, 2.75) is 62.9 Å². The maximum atomic E-state index is 11.9. The first kappa shape index (κ1) is 22.7. The van der Waals surface area contributed by atoms with Crippen molar-refractivity contribution in [3.8, 4) is 6.07 Å². The summed E-state index contributed by atoms with van der Waals surface area (Å²) in [4.78, 5) is 15.9. The molecule has 0 bridgehead atoms. The van der Waals surface area contributed by atoms with Gasteiger partial charge in [0.2, 0.25) is 5.60 Å². The molecule has 1 aliphatic heterocycles. The molecule has 0 aromatic carbocycles. The average Bonchev–Trinajstić information content (AvgIpc) is 3.20. The minimum Gasteiger partial charge on any atom is -0.463 e. The Morgan fingerprint density at radius 1 is 1.47 bits per heavy atom. The second kappa shape index (κ2) is 9.42. The van der Waals surface area contributed by atoms with Crippen molar-refractivity contribution in [1.29, 1.82) is 5.26 Å². The minimum atomic E-state index is -1.91. The molecule has 0 aliphatic carbocycles. The van der Waals surface area contributed by atoms with Crippen LogP contribution in [0.5, 0.6) is 0 Å². The van der Waals surface area contributed by atoms with Crippen LogP contribution in [0.3, 0.4) is 0 Å². The van der Waals surface area contributed by atoms with Crippen molar-refractivity contribution < 1.29 is 24.5 Å². The number of hydrogen-bond donors (Lipinski definition) is 3. The Morgan fingerprint density at radius 3 is 2.93 bits per heavy atom. The second-order valence-corrected chi connectivity index (χ2v) is 8.38. The van der Waals surface area contributed by atoms with E-state index in [0.29, 0.717) is 9.09 Å². The summed E-state index contributed by atoms with van der Waals surface area (Å²) in [5, 5.41) is 35.2. The smallest absolute Gasteiger partial charge is 0.305 e. The first-order valence-electron chi connectivity index (χ1n) is 9.74. The molecule has 4 atom stereocenters. The van der Waals surface area contributed by atoms with Gasteiger partial charge in [-0.2, -0.15) is 10.4 Å². The highest BCUT2D eigenvalue weighted by Crippen LogP contribution is 2.41. The van der Waals surface area contributed by atoms with Crippen LogP contribution in [0.1, 0.15) is 44.7 Å². The number of unbranched alkanes of at least 4 members (excludes halogenated alkanes) is 3. The Labute approximate surface area is 187 Å². The lowest BCUT2D eigenvalue weighted by Crippen LogP contribution is -2.41. The monoisotopic (exact) mass is 529 g/mol. The molecular formula is C19H24IN5O5. The van der Waals surface area contributed by atoms with E-state index in [-0.39, 0.29) is 24.5 Å². The minimum absolute atomic E-state index is 0.204. The topological polar surface area (TPSA) is 156 Å². The fraction of sp³-hybridized carbons (Fsp3) is 0.579. The Balaban J connectivity index is 1.79. The summed E-state index contributed by atoms with van der Waals surface area (Å²) in [6, 6.07) is 3.57. The summed E-state index contributed by atoms with van der Waals surface area (Å²) >= 11 is 2.02. The molecule has 11 heteroatoms. The van der Waals surface area contributed by atoms with Gasteiger partial charge in [-0.05, 0) is 35.1 Å². The van der Waals surface area contributed by atoms with Gasteiger partial charge in [-0.1, -0.05) is 26.2 Å². The number of nitrogens with two attached hydrogens (primary N) is 1. The number of halogens is 1. The van der Waals surface area contributed by atoms with Gasteiger partial charge >= 0.3 is 5.97 Å². The van der Waals surface area contributed by atoms with Crippen molar-refractivity contribution in [1.82, 2.24) is 14.6 Å². The fourth-order valence-corrected chi connectivity index (χ4v) is 4.35. The Bertz CT molecular complexity index is 961. The van der Waals surface area contributed by atoms with Crippen LogP contribution >= 0.6 is 22.6 Å². The molecule has 2 aromatic rings. The van der Waals surface area contributed by atoms with E-state index in [1.54, 1.807) is 6.07 Å². The first-order valence-corrected chi connectivity index (χ1v) is 10.8. The van der Waals surface area contributed by atoms with Gasteiger partial charge in [0.15, 0.2) is 5.82 Å². The summed E-state index contributed by atoms with van der Waals surface area (Å²) in [7, 11) is 0. The maximum absolute atomic E-state index is 11.9. The molecule has 1 aliphatic rings. The zero-order chi connectivity index (χ0) is 21.9. The van der Waals surface area contributed by atoms with Gasteiger partial charge in [-0.15, -0.1) is 0 Å². The number of aromatic nitrogens is 3. The van der Waals surface area contributed by atoms with Crippen molar-refractivity contribution in [3.05, 3.63) is 21.7 Å². The molecule has 0 saturated carbocycles. The summed E-state index contributed by atoms with van der Waals surface area (Å²) in [6.07, 6.45) is 1.19. The highest BCUT2D eigenvalue weighted by Gasteiger charge is 2.58. The van der Waals surface area contributed by atoms with Crippen LogP contribution in [-0.2, 0) is 19.9 Å². The van der Waals surface area contributed by atoms with E-state index in [0.717, 1.165) is 25.7 Å². The van der Waals surface area contributed by atoms with Crippen molar-refractivity contribution in [3.63, 3.8) is 0 Å². The van der Waals surface area contributed by atoms with Crippen molar-refractivity contribution in [2.75, 3.05) is 12.3 Å². The molecule has 162 valence electrons. The lowest BCUT2D eigenvalue weighted by molar-refractivity contribution is -0.150. The quantitative estimate of drug-likeness (QED) is 0.260. The molecule has 0 radical (unpaired) electrons. The van der Waals surface area contributed by atoms with Gasteiger partial charge in [0.05, 0.1) is 5.69 Å². The number of hydrogen-bond acceptors (Lipinski definition) is 9. The lowest BCUT2D eigenvalue weighted by Gasteiger charge is -2.24. The van der Waals surface area contributed by atoms with Crippen molar-refractivity contribution >= 4 is 39.9 Å². The zero-order valence-corrected chi connectivity index (χ0v) is 18.7. The molecule has 10 nitrogen and oxygen atoms in total. The molecular weight excluding hydrogens is 505 g/mol. The van der Waals surface area contributed by atoms with Crippen LogP contribution in [0.2, 0.25) is 0 Å². The average molecular weight is 529 g/mol. The van der Waals surface area contributed by atoms with E-state index in [9.17, 15) is 20.3 Å². The fourth-order valence-electron chi connectivity index (χ4n) is 3.55. The number of nitriles is 1. The molecule has 3 heterocycles. The Hall–Kier alpha value is -2.01. The van der Waals surface area contributed by atoms with E-state index in [4.69, 9.17) is 15.2 Å². The number of rotatable bonds is 8. The third-order valence-electron chi connectivity index (χ3n) is 5.18. The molecule has 3 rings (SSSR count). The van der Waals surface area contributed by atoms with Crippen LogP contribution in [-0.4, -0.2) is 55.7 Å². The number of nitrogens with zero attached hydrogens (tertiary/aromatic N) is 4. The van der Waals surface area contributed by atoms with E-state index in [1.807, 2.05) is 28.7 Å². The number of nitrogen functional groups attached to an aromatic ring is 1. The number of aliphatic hydroxyl groups is 2. The van der Waals surface area contributed by atoms with Crippen LogP contribution in [0, 0.1) is 14.9 Å². The molecule has 1 saturated heterocycles. The van der Waals surface area contributed by atoms with Crippen LogP contribution in [0.15, 0.2) is 12.4 Å². The van der Waals surface area contributed by atoms with Crippen molar-refractivity contribution in [2.24, 2.45) is 0 Å². The molecule has 4 N–H and O–H groups in total. The summed E-state index contributed by atoms with van der Waals surface area (Å²) in [5.41, 5.74) is 4.68. The van der Waals surface area contributed by atoms with E-state index in [2.05, 4.69) is 17.0 Å². The summed E-state index contributed by atoms with van der Waals surface area (Å²) in [6.45, 7) is 1.81. The van der Waals surface area contributed by atoms with Gasteiger partial charge in [-0.3, -0.25) is 4.79 Å². The first-order chi connectivity index (χ1) is 14.4. The van der Waals surface area contributed by atoms with Gasteiger partial charge in [0, 0.05) is 9.99 Å². The summed E-state index contributed by atoms with van der Waals surface area (Å²) in [5.74, 6) is -0.204. The van der Waals surface area contributed by atoms with Crippen LogP contribution < -0.4 is 5.73 Å². The normalized spacial score (nSPS) is 26.0. The maximum Gasteiger partial charge on any atom is 0.305 e. The Kier molecular flexibility index (Phi) is 7.12. The third kappa shape index (κ3) is 4.09. The largest absolute Gasteiger partial charge is 0.463 e. The third-order valence-corrected chi connectivity index (χ3v) is 6.01. The number of carbonyl (C=O) groups excluding carboxylic acids is 1. The highest BCUT2D eigenvalue weighted by atomic mass is 127. The highest BCUT2D eigenvalue weighted by molar-refractivity contribution is 14.1. The van der Waals surface area contributed by atoms with Gasteiger partial charge in [0.1, 0.15) is 42.8 Å². The molecule has 0 amide bonds. The van der Waals surface area contributed by atoms with E-state index < -0.39 is 29.9 Å². The second-order valence-electron chi connectivity index (χ2n) is 7.22. The molecule has 30 heavy (non-hydrogen) atoms. The predicted molar refractivity (Wildman–Crippen MR) is 114 cm³/mol. The number of aliphatic hydroxyl groups excluding tert-OH is 2. The molecule has 0 unspecified atom stereocenters. The van der Waals surface area contributed by atoms with Gasteiger partial charge in [-0.25, -0.2) is 9.50 Å².